The SMILES string of the molecule is Cl.Cl.[CH2]=[Zr]([CH3])([C]1=CC=CC1)[c]1cc2ccccc2[nH]1. The summed E-state index contributed by atoms with van der Waals surface area (Å²) in [6.45, 7) is 0. The fourth-order valence-corrected chi connectivity index (χ4v) is 7.96. The number of benzene rings is 1. The second-order valence-corrected chi connectivity index (χ2v) is 14.4. The normalized spacial score (nSPS) is 16.4. The van der Waals surface area contributed by atoms with Crippen LogP contribution >= 0.6 is 24.8 Å². The van der Waals surface area contributed by atoms with E-state index in [4.69, 9.17) is 0 Å². The van der Waals surface area contributed by atoms with Crippen LogP contribution in [0.5, 0.6) is 0 Å². The summed E-state index contributed by atoms with van der Waals surface area (Å²) in [4.78, 5) is 3.57. The van der Waals surface area contributed by atoms with Crippen LogP contribution in [0.4, 0.5) is 0 Å². The molecule has 2 aromatic rings. The summed E-state index contributed by atoms with van der Waals surface area (Å²) in [5.41, 5.74) is 1.24. The van der Waals surface area contributed by atoms with E-state index < -0.39 is 19.8 Å². The summed E-state index contributed by atoms with van der Waals surface area (Å²) in [7, 11) is 0. The Morgan fingerprint density at radius 1 is 1.21 bits per heavy atom. The second kappa shape index (κ2) is 6.35. The van der Waals surface area contributed by atoms with E-state index in [0.717, 1.165) is 6.42 Å². The monoisotopic (exact) mass is 372 g/mol. The first-order valence-electron chi connectivity index (χ1n) is 5.98. The van der Waals surface area contributed by atoms with Crippen molar-refractivity contribution in [1.29, 1.82) is 0 Å². The molecule has 0 radical (unpaired) electrons. The number of para-hydroxylation sites is 1. The molecular formula is C15H18Cl2NZr. The van der Waals surface area contributed by atoms with Crippen molar-refractivity contribution in [2.24, 2.45) is 0 Å². The van der Waals surface area contributed by atoms with E-state index in [2.05, 4.69) is 62.4 Å². The molecule has 1 aliphatic carbocycles. The van der Waals surface area contributed by atoms with Gasteiger partial charge in [0.25, 0.3) is 0 Å². The number of hydrogen-bond acceptors (Lipinski definition) is 0. The van der Waals surface area contributed by atoms with Gasteiger partial charge in [0, 0.05) is 0 Å². The van der Waals surface area contributed by atoms with Gasteiger partial charge in [-0.05, 0) is 0 Å². The quantitative estimate of drug-likeness (QED) is 0.814. The molecule has 3 rings (SSSR count). The molecule has 4 heteroatoms. The predicted molar refractivity (Wildman–Crippen MR) is 87.3 cm³/mol. The molecule has 101 valence electrons. The summed E-state index contributed by atoms with van der Waals surface area (Å²) < 4.78 is 9.95. The van der Waals surface area contributed by atoms with E-state index in [0.29, 0.717) is 0 Å². The number of allylic oxidation sites excluding steroid dienone is 4. The fraction of sp³-hybridized carbons (Fsp3) is 0.133. The average molecular weight is 374 g/mol. The van der Waals surface area contributed by atoms with Crippen LogP contribution in [0.1, 0.15) is 6.42 Å². The standard InChI is InChI=1S/C8H6N.C5H5.CH3.CH2.2ClH.Zr/c1-2-4-8-7(3-1)5-6-9-8;1-2-4-5-3-1;;;;;/h1-5,9H;1-3H,4H2;1H3;1H2;2*1H;. The van der Waals surface area contributed by atoms with Crippen molar-refractivity contribution in [2.75, 3.05) is 0 Å². The molecule has 1 aliphatic rings. The first-order valence-corrected chi connectivity index (χ1v) is 12.6. The third-order valence-electron chi connectivity index (χ3n) is 3.60. The summed E-state index contributed by atoms with van der Waals surface area (Å²) in [6.07, 6.45) is 7.77. The summed E-state index contributed by atoms with van der Waals surface area (Å²) >= 11 is -2.54. The first-order chi connectivity index (χ1) is 8.18. The van der Waals surface area contributed by atoms with Gasteiger partial charge >= 0.3 is 106 Å². The number of aromatic nitrogens is 1. The molecule has 0 fully saturated rings. The van der Waals surface area contributed by atoms with Crippen LogP contribution in [0.3, 0.4) is 0 Å². The Kier molecular flexibility index (Phi) is 5.56. The van der Waals surface area contributed by atoms with Gasteiger partial charge in [0.2, 0.25) is 0 Å². The molecule has 0 spiro atoms. The number of hydrogen-bond donors (Lipinski definition) is 1. The molecule has 1 atom stereocenters. The molecule has 1 N–H and O–H groups in total. The predicted octanol–water partition coefficient (Wildman–Crippen LogP) is 4.11. The third-order valence-corrected chi connectivity index (χ3v) is 11.6. The van der Waals surface area contributed by atoms with Gasteiger partial charge in [0.05, 0.1) is 0 Å². The van der Waals surface area contributed by atoms with Crippen molar-refractivity contribution in [3.8, 4) is 0 Å². The van der Waals surface area contributed by atoms with Gasteiger partial charge in [-0.2, -0.15) is 0 Å². The molecule has 1 nitrogen and oxygen atoms in total. The van der Waals surface area contributed by atoms with E-state index >= 15 is 0 Å². The minimum atomic E-state index is -2.54. The Morgan fingerprint density at radius 3 is 2.58 bits per heavy atom. The fourth-order valence-electron chi connectivity index (χ4n) is 2.40. The van der Waals surface area contributed by atoms with Crippen molar-refractivity contribution >= 4 is 43.3 Å². The molecule has 1 aromatic carbocycles. The Morgan fingerprint density at radius 2 is 1.95 bits per heavy atom. The average Bonchev–Trinajstić information content (AvgIpc) is 2.98. The Hall–Kier alpha value is -0.427. The zero-order valence-corrected chi connectivity index (χ0v) is 14.9. The third kappa shape index (κ3) is 3.02. The van der Waals surface area contributed by atoms with Crippen LogP contribution in [0.15, 0.2) is 51.8 Å². The first kappa shape index (κ1) is 16.6. The van der Waals surface area contributed by atoms with Crippen molar-refractivity contribution in [2.45, 2.75) is 11.1 Å². The molecule has 1 aromatic heterocycles. The maximum atomic E-state index is 4.59. The topological polar surface area (TPSA) is 15.8 Å². The number of H-pyrrole nitrogens is 1. The molecule has 1 unspecified atom stereocenters. The van der Waals surface area contributed by atoms with Crippen LogP contribution in [-0.2, 0) is 19.8 Å². The number of rotatable bonds is 2. The van der Waals surface area contributed by atoms with Crippen LogP contribution in [0, 0.1) is 0 Å². The number of nitrogens with one attached hydrogen (secondary N) is 1. The van der Waals surface area contributed by atoms with Gasteiger partial charge in [-0.15, -0.1) is 24.8 Å². The molecule has 1 heterocycles. The van der Waals surface area contributed by atoms with Gasteiger partial charge in [0.15, 0.2) is 0 Å². The summed E-state index contributed by atoms with van der Waals surface area (Å²) in [6, 6.07) is 10.8. The van der Waals surface area contributed by atoms with Crippen LogP contribution in [0.25, 0.3) is 10.9 Å². The second-order valence-electron chi connectivity index (χ2n) is 4.93. The van der Waals surface area contributed by atoms with Gasteiger partial charge in [-0.25, -0.2) is 0 Å². The zero-order valence-electron chi connectivity index (χ0n) is 10.8. The number of halogens is 2. The number of aromatic amines is 1. The van der Waals surface area contributed by atoms with Gasteiger partial charge in [-0.3, -0.25) is 0 Å². The van der Waals surface area contributed by atoms with Gasteiger partial charge < -0.3 is 0 Å². The minimum absolute atomic E-state index is 0. The van der Waals surface area contributed by atoms with Gasteiger partial charge in [0.1, 0.15) is 0 Å². The van der Waals surface area contributed by atoms with E-state index in [-0.39, 0.29) is 24.8 Å². The molecule has 0 saturated heterocycles. The van der Waals surface area contributed by atoms with Crippen LogP contribution in [0.2, 0.25) is 4.63 Å². The zero-order chi connectivity index (χ0) is 11.9. The summed E-state index contributed by atoms with van der Waals surface area (Å²) in [5, 5.41) is 1.31. The molecule has 0 amide bonds. The van der Waals surface area contributed by atoms with Crippen molar-refractivity contribution in [1.82, 2.24) is 4.98 Å². The molecule has 0 aliphatic heterocycles. The Labute approximate surface area is 130 Å². The molecular weight excluding hydrogens is 356 g/mol. The Bertz CT molecular complexity index is 649. The van der Waals surface area contributed by atoms with Crippen LogP contribution < -0.4 is 3.40 Å². The van der Waals surface area contributed by atoms with Crippen molar-refractivity contribution < 1.29 is 19.8 Å². The van der Waals surface area contributed by atoms with Crippen molar-refractivity contribution in [3.05, 3.63) is 51.8 Å². The number of fused-ring (bicyclic) bond motifs is 1. The maximum absolute atomic E-state index is 4.59. The molecule has 0 saturated carbocycles. The Balaban J connectivity index is 0.000000902. The van der Waals surface area contributed by atoms with E-state index in [9.17, 15) is 0 Å². The van der Waals surface area contributed by atoms with E-state index in [1.165, 1.54) is 14.3 Å². The van der Waals surface area contributed by atoms with E-state index in [1.54, 1.807) is 3.28 Å². The van der Waals surface area contributed by atoms with Crippen LogP contribution in [-0.4, -0.2) is 9.20 Å². The molecule has 0 bridgehead atoms. The van der Waals surface area contributed by atoms with Gasteiger partial charge in [-0.1, -0.05) is 0 Å². The van der Waals surface area contributed by atoms with E-state index in [1.807, 2.05) is 0 Å². The van der Waals surface area contributed by atoms with Crippen molar-refractivity contribution in [3.63, 3.8) is 0 Å². The summed E-state index contributed by atoms with van der Waals surface area (Å²) in [5.74, 6) is 0. The molecule has 19 heavy (non-hydrogen) atoms.